The maximum Gasteiger partial charge on any atom is 0.416 e. The summed E-state index contributed by atoms with van der Waals surface area (Å²) in [6.07, 6.45) is -4.58. The van der Waals surface area contributed by atoms with Crippen molar-refractivity contribution in [3.05, 3.63) is 29.6 Å². The van der Waals surface area contributed by atoms with E-state index in [0.717, 1.165) is 32.7 Å². The number of hydrogen-bond donors (Lipinski definition) is 2. The summed E-state index contributed by atoms with van der Waals surface area (Å²) in [7, 11) is -3.18. The van der Waals surface area contributed by atoms with Crippen LogP contribution < -0.4 is 10.0 Å². The summed E-state index contributed by atoms with van der Waals surface area (Å²) in [5.74, 6) is -4.05. The van der Waals surface area contributed by atoms with Crippen molar-refractivity contribution in [3.8, 4) is 0 Å². The first-order valence-corrected chi connectivity index (χ1v) is 22.0. The number of carbonyl (C=O) groups excluding carboxylic acids is 1. The molecule has 2 aliphatic carbocycles. The second-order valence-electron chi connectivity index (χ2n) is 16.3. The Hall–Kier alpha value is -1.98. The second kappa shape index (κ2) is 15.2. The van der Waals surface area contributed by atoms with Crippen LogP contribution in [-0.4, -0.2) is 75.6 Å². The molecule has 5 atom stereocenters. The van der Waals surface area contributed by atoms with Crippen molar-refractivity contribution in [1.82, 2.24) is 19.6 Å². The summed E-state index contributed by atoms with van der Waals surface area (Å²) in [5, 5.41) is 2.86. The lowest BCUT2D eigenvalue weighted by Gasteiger charge is -2.35. The van der Waals surface area contributed by atoms with Crippen LogP contribution in [0.3, 0.4) is 0 Å². The Balaban J connectivity index is 1.74. The van der Waals surface area contributed by atoms with Gasteiger partial charge in [0.2, 0.25) is 5.91 Å². The molecule has 0 saturated heterocycles. The summed E-state index contributed by atoms with van der Waals surface area (Å²) in [6.45, 7) is 15.9. The lowest BCUT2D eigenvalue weighted by Crippen LogP contribution is -2.48. The predicted octanol–water partition coefficient (Wildman–Crippen LogP) is 7.57. The number of alkyl halides is 5. The number of halogens is 5. The zero-order chi connectivity index (χ0) is 37.4. The van der Waals surface area contributed by atoms with E-state index in [4.69, 9.17) is 19.2 Å². The van der Waals surface area contributed by atoms with Crippen LogP contribution in [0.1, 0.15) is 90.7 Å². The number of fused-ring (bicyclic) bond motifs is 1. The molecule has 16 heteroatoms. The van der Waals surface area contributed by atoms with Crippen molar-refractivity contribution in [2.75, 3.05) is 13.2 Å². The highest BCUT2D eigenvalue weighted by Crippen LogP contribution is 2.50. The fourth-order valence-electron chi connectivity index (χ4n) is 5.20. The third-order valence-electron chi connectivity index (χ3n) is 8.87. The number of rotatable bonds is 18. The van der Waals surface area contributed by atoms with E-state index in [9.17, 15) is 31.0 Å². The maximum atomic E-state index is 14.0. The molecule has 9 nitrogen and oxygen atoms in total. The fourth-order valence-corrected chi connectivity index (χ4v) is 6.83. The molecule has 2 N–H and O–H groups in total. The fraction of sp³-hybridized carbons (Fsp3) is 0.765. The number of nitrogens with zero attached hydrogens (tertiary/aromatic N) is 2. The van der Waals surface area contributed by atoms with Gasteiger partial charge in [0.1, 0.15) is 18.6 Å². The van der Waals surface area contributed by atoms with Gasteiger partial charge in [0, 0.05) is 33.4 Å². The molecule has 1 aromatic carbocycles. The van der Waals surface area contributed by atoms with E-state index in [0.29, 0.717) is 23.2 Å². The van der Waals surface area contributed by atoms with Crippen molar-refractivity contribution in [3.63, 3.8) is 0 Å². The third-order valence-corrected chi connectivity index (χ3v) is 12.2. The Kier molecular flexibility index (Phi) is 12.4. The number of hydrogen-bond acceptors (Lipinski definition) is 6. The number of amides is 1. The van der Waals surface area contributed by atoms with Gasteiger partial charge in [-0.15, -0.1) is 0 Å². The largest absolute Gasteiger partial charge is 0.416 e. The topological polar surface area (TPSA) is 104 Å². The van der Waals surface area contributed by atoms with E-state index in [2.05, 4.69) is 29.7 Å². The quantitative estimate of drug-likeness (QED) is 0.0926. The summed E-state index contributed by atoms with van der Waals surface area (Å²) < 4.78 is 104. The zero-order valence-electron chi connectivity index (χ0n) is 30.5. The number of ether oxygens (including phenoxy) is 3. The molecule has 2 saturated carbocycles. The molecule has 0 radical (unpaired) electrons. The van der Waals surface area contributed by atoms with E-state index in [1.807, 2.05) is 0 Å². The van der Waals surface area contributed by atoms with Crippen LogP contribution in [0, 0.1) is 5.92 Å². The number of imidazole rings is 1. The summed E-state index contributed by atoms with van der Waals surface area (Å²) >= 11 is 0. The normalized spacial score (nSPS) is 20.8. The average molecular weight is 753 g/mol. The van der Waals surface area contributed by atoms with Gasteiger partial charge in [0.25, 0.3) is 5.92 Å². The predicted molar refractivity (Wildman–Crippen MR) is 186 cm³/mol. The molecule has 0 spiro atoms. The van der Waals surface area contributed by atoms with E-state index < -0.39 is 71.5 Å². The molecule has 1 aromatic heterocycles. The van der Waals surface area contributed by atoms with Gasteiger partial charge in [-0.2, -0.15) is 13.2 Å². The molecule has 0 aliphatic heterocycles. The molecule has 50 heavy (non-hydrogen) atoms. The Morgan fingerprint density at radius 1 is 1.14 bits per heavy atom. The molecular formula is C34H53F5N4O5SSi. The minimum absolute atomic E-state index is 0.0198. The molecule has 2 aliphatic rings. The molecule has 0 bridgehead atoms. The molecule has 2 aromatic rings. The van der Waals surface area contributed by atoms with Crippen molar-refractivity contribution < 1.29 is 45.2 Å². The highest BCUT2D eigenvalue weighted by molar-refractivity contribution is 7.84. The minimum atomic E-state index is -4.68. The molecule has 284 valence electrons. The maximum absolute atomic E-state index is 14.0. The molecular weight excluding hydrogens is 700 g/mol. The highest BCUT2D eigenvalue weighted by atomic mass is 32.2. The van der Waals surface area contributed by atoms with Crippen LogP contribution in [0.15, 0.2) is 18.2 Å². The van der Waals surface area contributed by atoms with Gasteiger partial charge in [-0.25, -0.2) is 22.7 Å². The Morgan fingerprint density at radius 2 is 1.78 bits per heavy atom. The van der Waals surface area contributed by atoms with Gasteiger partial charge in [-0.1, -0.05) is 25.7 Å². The van der Waals surface area contributed by atoms with E-state index in [1.54, 1.807) is 43.5 Å². The SMILES string of the molecule is C[C@@H](OC(C)(C)C(F)(F)F)[C@H](N[S@](=O)C(C)(C)C)c1nc2cc([C@@H](COC3CC3)NC(=O)C[C@H]3CC3(F)F)ccc2n1COCC[Si](C)(C)C. The first-order valence-electron chi connectivity index (χ1n) is 17.2. The number of benzene rings is 1. The number of aromatic nitrogens is 2. The smallest absolute Gasteiger partial charge is 0.376 e. The highest BCUT2D eigenvalue weighted by Gasteiger charge is 2.57. The average Bonchev–Trinajstić information content (AvgIpc) is 3.86. The molecule has 2 fully saturated rings. The minimum Gasteiger partial charge on any atom is -0.376 e. The van der Waals surface area contributed by atoms with E-state index in [-0.39, 0.29) is 38.1 Å². The molecule has 0 unspecified atom stereocenters. The van der Waals surface area contributed by atoms with Gasteiger partial charge in [-0.3, -0.25) is 4.79 Å². The summed E-state index contributed by atoms with van der Waals surface area (Å²) in [6, 6.07) is 4.45. The molecule has 1 heterocycles. The van der Waals surface area contributed by atoms with Crippen LogP contribution in [0.25, 0.3) is 11.0 Å². The monoisotopic (exact) mass is 752 g/mol. The van der Waals surface area contributed by atoms with Crippen LogP contribution in [0.4, 0.5) is 22.0 Å². The Labute approximate surface area is 295 Å². The zero-order valence-corrected chi connectivity index (χ0v) is 32.3. The van der Waals surface area contributed by atoms with E-state index in [1.165, 1.54) is 6.92 Å². The van der Waals surface area contributed by atoms with Gasteiger partial charge in [0.15, 0.2) is 5.60 Å². The van der Waals surface area contributed by atoms with Crippen LogP contribution in [-0.2, 0) is 36.7 Å². The van der Waals surface area contributed by atoms with Crippen molar-refractivity contribution in [1.29, 1.82) is 0 Å². The summed E-state index contributed by atoms with van der Waals surface area (Å²) in [5.41, 5.74) is -0.861. The standard InChI is InChI=1S/C34H53F5N4O5SSi/c1-21(48-32(5,6)34(37,38)39)29(42-49(45)31(2,3)4)30-41-25-16-22(10-13-27(25)43(30)20-46-14-15-50(7,8)9)26(19-47-24-11-12-24)40-28(44)17-23-18-33(23,35)36/h10,13,16,21,23-24,26,29,42H,11-12,14-15,17-20H2,1-9H3,(H,40,44)/t21-,23+,26-,29+,49-/m1/s1. The van der Waals surface area contributed by atoms with Crippen molar-refractivity contribution >= 4 is 36.0 Å². The molecule has 1 amide bonds. The van der Waals surface area contributed by atoms with Crippen molar-refractivity contribution in [2.45, 2.75) is 146 Å². The lowest BCUT2D eigenvalue weighted by atomic mass is 10.1. The molecule has 4 rings (SSSR count). The van der Waals surface area contributed by atoms with Crippen LogP contribution in [0.5, 0.6) is 0 Å². The van der Waals surface area contributed by atoms with Gasteiger partial charge < -0.3 is 24.1 Å². The summed E-state index contributed by atoms with van der Waals surface area (Å²) in [4.78, 5) is 17.7. The second-order valence-corrected chi connectivity index (χ2v) is 23.9. The van der Waals surface area contributed by atoms with Gasteiger partial charge in [-0.05, 0) is 78.1 Å². The number of carbonyl (C=O) groups is 1. The number of nitrogens with one attached hydrogen (secondary N) is 2. The van der Waals surface area contributed by atoms with E-state index >= 15 is 0 Å². The van der Waals surface area contributed by atoms with Crippen molar-refractivity contribution in [2.24, 2.45) is 5.92 Å². The first-order chi connectivity index (χ1) is 22.9. The Bertz CT molecular complexity index is 1520. The first kappa shape index (κ1) is 40.8. The van der Waals surface area contributed by atoms with Gasteiger partial charge in [0.05, 0.1) is 51.6 Å². The third kappa shape index (κ3) is 11.0. The van der Waals surface area contributed by atoms with Crippen LogP contribution >= 0.6 is 0 Å². The van der Waals surface area contributed by atoms with Crippen LogP contribution in [0.2, 0.25) is 25.7 Å². The lowest BCUT2D eigenvalue weighted by molar-refractivity contribution is -0.277. The Morgan fingerprint density at radius 3 is 2.32 bits per heavy atom. The van der Waals surface area contributed by atoms with Gasteiger partial charge >= 0.3 is 6.18 Å².